The number of carbonyl (C=O) groups is 1. The van der Waals surface area contributed by atoms with Crippen molar-refractivity contribution >= 4 is 37.8 Å². The highest BCUT2D eigenvalue weighted by molar-refractivity contribution is 9.10. The Morgan fingerprint density at radius 1 is 1.55 bits per heavy atom. The van der Waals surface area contributed by atoms with Crippen LogP contribution in [-0.4, -0.2) is 51.7 Å². The SMILES string of the molecule is CS(=O)(=O)OCCc1ncc(Br)cc1NC(=O)OC1COC1. The summed E-state index contributed by atoms with van der Waals surface area (Å²) in [4.78, 5) is 15.9. The maximum atomic E-state index is 11.8. The van der Waals surface area contributed by atoms with Gasteiger partial charge < -0.3 is 9.47 Å². The van der Waals surface area contributed by atoms with Crippen LogP contribution in [0.5, 0.6) is 0 Å². The Bertz CT molecular complexity index is 647. The van der Waals surface area contributed by atoms with Crippen LogP contribution in [0.3, 0.4) is 0 Å². The number of rotatable bonds is 6. The lowest BCUT2D eigenvalue weighted by Gasteiger charge is -2.25. The van der Waals surface area contributed by atoms with Crippen molar-refractivity contribution in [2.75, 3.05) is 31.4 Å². The molecule has 1 aliphatic rings. The van der Waals surface area contributed by atoms with E-state index in [4.69, 9.17) is 9.47 Å². The molecule has 1 saturated heterocycles. The van der Waals surface area contributed by atoms with E-state index in [9.17, 15) is 13.2 Å². The zero-order valence-electron chi connectivity index (χ0n) is 11.7. The van der Waals surface area contributed by atoms with E-state index in [1.165, 1.54) is 0 Å². The van der Waals surface area contributed by atoms with Crippen LogP contribution in [0.2, 0.25) is 0 Å². The van der Waals surface area contributed by atoms with Gasteiger partial charge in [-0.1, -0.05) is 0 Å². The molecule has 1 aromatic heterocycles. The first-order valence-electron chi connectivity index (χ1n) is 6.38. The van der Waals surface area contributed by atoms with Gasteiger partial charge in [0.05, 0.1) is 37.5 Å². The normalized spacial score (nSPS) is 15.2. The standard InChI is InChI=1S/C12H15BrN2O6S/c1-22(17,18)20-3-2-10-11(4-8(13)5-14-10)15-12(16)21-9-6-19-7-9/h4-5,9H,2-3,6-7H2,1H3,(H,15,16). The average molecular weight is 395 g/mol. The molecule has 0 aliphatic carbocycles. The Labute approximate surface area is 136 Å². The van der Waals surface area contributed by atoms with Crippen molar-refractivity contribution in [1.29, 1.82) is 0 Å². The van der Waals surface area contributed by atoms with Crippen LogP contribution in [0, 0.1) is 0 Å². The van der Waals surface area contributed by atoms with Crippen molar-refractivity contribution < 1.29 is 26.9 Å². The number of anilines is 1. The second-order valence-corrected chi connectivity index (χ2v) is 7.17. The van der Waals surface area contributed by atoms with Gasteiger partial charge in [-0.2, -0.15) is 8.42 Å². The quantitative estimate of drug-likeness (QED) is 0.725. The molecule has 1 N–H and O–H groups in total. The summed E-state index contributed by atoms with van der Waals surface area (Å²) in [5.74, 6) is 0. The van der Waals surface area contributed by atoms with Gasteiger partial charge in [-0.05, 0) is 22.0 Å². The average Bonchev–Trinajstić information content (AvgIpc) is 2.35. The molecule has 0 saturated carbocycles. The summed E-state index contributed by atoms with van der Waals surface area (Å²) in [5, 5.41) is 2.58. The van der Waals surface area contributed by atoms with Crippen molar-refractivity contribution in [2.24, 2.45) is 0 Å². The number of nitrogens with one attached hydrogen (secondary N) is 1. The van der Waals surface area contributed by atoms with Gasteiger partial charge in [-0.3, -0.25) is 14.5 Å². The highest BCUT2D eigenvalue weighted by Gasteiger charge is 2.23. The number of ether oxygens (including phenoxy) is 2. The fourth-order valence-corrected chi connectivity index (χ4v) is 2.36. The molecule has 1 fully saturated rings. The summed E-state index contributed by atoms with van der Waals surface area (Å²) in [5.41, 5.74) is 0.922. The monoisotopic (exact) mass is 394 g/mol. The molecule has 122 valence electrons. The summed E-state index contributed by atoms with van der Waals surface area (Å²) in [6.45, 7) is 0.714. The molecule has 1 amide bonds. The second kappa shape index (κ2) is 7.36. The molecule has 0 bridgehead atoms. The summed E-state index contributed by atoms with van der Waals surface area (Å²) < 4.78 is 37.3. The summed E-state index contributed by atoms with van der Waals surface area (Å²) >= 11 is 3.26. The van der Waals surface area contributed by atoms with Gasteiger partial charge >= 0.3 is 6.09 Å². The molecule has 8 nitrogen and oxygen atoms in total. The number of pyridine rings is 1. The van der Waals surface area contributed by atoms with E-state index in [-0.39, 0.29) is 19.1 Å². The van der Waals surface area contributed by atoms with Gasteiger partial charge in [0.2, 0.25) is 0 Å². The molecule has 1 aromatic rings. The Morgan fingerprint density at radius 2 is 2.27 bits per heavy atom. The predicted molar refractivity (Wildman–Crippen MR) is 81.1 cm³/mol. The summed E-state index contributed by atoms with van der Waals surface area (Å²) in [6.07, 6.45) is 1.89. The Hall–Kier alpha value is -1.23. The van der Waals surface area contributed by atoms with Gasteiger partial charge in [-0.15, -0.1) is 0 Å². The molecule has 2 rings (SSSR count). The van der Waals surface area contributed by atoms with Crippen LogP contribution < -0.4 is 5.32 Å². The zero-order chi connectivity index (χ0) is 16.2. The van der Waals surface area contributed by atoms with Crippen molar-refractivity contribution in [3.05, 3.63) is 22.4 Å². The maximum absolute atomic E-state index is 11.8. The molecular weight excluding hydrogens is 380 g/mol. The van der Waals surface area contributed by atoms with Crippen molar-refractivity contribution in [3.8, 4) is 0 Å². The molecule has 22 heavy (non-hydrogen) atoms. The summed E-state index contributed by atoms with van der Waals surface area (Å²) in [7, 11) is -3.51. The first-order valence-corrected chi connectivity index (χ1v) is 8.98. The molecule has 2 heterocycles. The third-order valence-electron chi connectivity index (χ3n) is 2.69. The molecule has 0 spiro atoms. The molecule has 10 heteroatoms. The lowest BCUT2D eigenvalue weighted by Crippen LogP contribution is -2.39. The van der Waals surface area contributed by atoms with Gasteiger partial charge in [-0.25, -0.2) is 4.79 Å². The lowest BCUT2D eigenvalue weighted by molar-refractivity contribution is -0.0951. The van der Waals surface area contributed by atoms with Gasteiger partial charge in [0.15, 0.2) is 6.10 Å². The van der Waals surface area contributed by atoms with E-state index in [1.54, 1.807) is 12.3 Å². The number of aromatic nitrogens is 1. The minimum Gasteiger partial charge on any atom is -0.441 e. The Morgan fingerprint density at radius 3 is 2.86 bits per heavy atom. The number of halogens is 1. The van der Waals surface area contributed by atoms with E-state index < -0.39 is 16.2 Å². The summed E-state index contributed by atoms with van der Waals surface area (Å²) in [6, 6.07) is 1.65. The van der Waals surface area contributed by atoms with Crippen LogP contribution in [0.4, 0.5) is 10.5 Å². The van der Waals surface area contributed by atoms with Crippen LogP contribution >= 0.6 is 15.9 Å². The molecule has 1 aliphatic heterocycles. The van der Waals surface area contributed by atoms with Gasteiger partial charge in [0, 0.05) is 17.1 Å². The predicted octanol–water partition coefficient (Wildman–Crippen LogP) is 1.31. The number of amides is 1. The highest BCUT2D eigenvalue weighted by Crippen LogP contribution is 2.20. The Kier molecular flexibility index (Phi) is 5.73. The molecule has 0 unspecified atom stereocenters. The molecular formula is C12H15BrN2O6S. The van der Waals surface area contributed by atoms with Crippen LogP contribution in [0.1, 0.15) is 5.69 Å². The van der Waals surface area contributed by atoms with Crippen LogP contribution in [-0.2, 0) is 30.2 Å². The van der Waals surface area contributed by atoms with Crippen LogP contribution in [0.15, 0.2) is 16.7 Å². The minimum absolute atomic E-state index is 0.0618. The van der Waals surface area contributed by atoms with Gasteiger partial charge in [0.1, 0.15) is 0 Å². The first kappa shape index (κ1) is 17.1. The fourth-order valence-electron chi connectivity index (χ4n) is 1.64. The minimum atomic E-state index is -3.51. The Balaban J connectivity index is 1.98. The molecule has 0 radical (unpaired) electrons. The third kappa shape index (κ3) is 5.52. The molecule has 0 atom stereocenters. The topological polar surface area (TPSA) is 104 Å². The number of nitrogens with zero attached hydrogens (tertiary/aromatic N) is 1. The zero-order valence-corrected chi connectivity index (χ0v) is 14.1. The highest BCUT2D eigenvalue weighted by atomic mass is 79.9. The lowest BCUT2D eigenvalue weighted by atomic mass is 10.2. The first-order chi connectivity index (χ1) is 10.3. The van der Waals surface area contributed by atoms with E-state index in [1.807, 2.05) is 0 Å². The van der Waals surface area contributed by atoms with E-state index in [0.717, 1.165) is 6.26 Å². The van der Waals surface area contributed by atoms with Crippen LogP contribution in [0.25, 0.3) is 0 Å². The van der Waals surface area contributed by atoms with E-state index in [2.05, 4.69) is 30.4 Å². The maximum Gasteiger partial charge on any atom is 0.412 e. The largest absolute Gasteiger partial charge is 0.441 e. The number of hydrogen-bond donors (Lipinski definition) is 1. The second-order valence-electron chi connectivity index (χ2n) is 4.61. The smallest absolute Gasteiger partial charge is 0.412 e. The van der Waals surface area contributed by atoms with Gasteiger partial charge in [0.25, 0.3) is 10.1 Å². The number of carbonyl (C=O) groups excluding carboxylic acids is 1. The van der Waals surface area contributed by atoms with E-state index in [0.29, 0.717) is 29.1 Å². The number of hydrogen-bond acceptors (Lipinski definition) is 7. The van der Waals surface area contributed by atoms with Crippen molar-refractivity contribution in [1.82, 2.24) is 4.98 Å². The van der Waals surface area contributed by atoms with E-state index >= 15 is 0 Å². The van der Waals surface area contributed by atoms with Crippen molar-refractivity contribution in [3.63, 3.8) is 0 Å². The van der Waals surface area contributed by atoms with Crippen molar-refractivity contribution in [2.45, 2.75) is 12.5 Å². The molecule has 0 aromatic carbocycles. The fraction of sp³-hybridized carbons (Fsp3) is 0.500. The third-order valence-corrected chi connectivity index (χ3v) is 3.72.